The molecule has 3 rings (SSSR count). The van der Waals surface area contributed by atoms with Crippen LogP contribution in [0.1, 0.15) is 12.5 Å². The molecule has 7 heteroatoms. The molecule has 0 aliphatic carbocycles. The standard InChI is InChI=1S/C17H17N5OS/c1-13(16(23)18-15-10-6-3-7-11-15)24-17-19-20-21-22(17)12-14-8-4-2-5-9-14/h2-11,13H,12H2,1H3,(H,18,23). The summed E-state index contributed by atoms with van der Waals surface area (Å²) in [6.45, 7) is 2.41. The minimum absolute atomic E-state index is 0.0829. The molecule has 1 aromatic heterocycles. The topological polar surface area (TPSA) is 72.7 Å². The highest BCUT2D eigenvalue weighted by atomic mass is 32.2. The highest BCUT2D eigenvalue weighted by Gasteiger charge is 2.18. The number of hydrogen-bond donors (Lipinski definition) is 1. The first-order valence-electron chi connectivity index (χ1n) is 7.55. The maximum atomic E-state index is 12.3. The molecule has 2 aromatic carbocycles. The van der Waals surface area contributed by atoms with Crippen LogP contribution in [-0.4, -0.2) is 31.4 Å². The fraction of sp³-hybridized carbons (Fsp3) is 0.176. The van der Waals surface area contributed by atoms with E-state index in [4.69, 9.17) is 0 Å². The molecule has 24 heavy (non-hydrogen) atoms. The number of para-hydroxylation sites is 1. The molecule has 6 nitrogen and oxygen atoms in total. The van der Waals surface area contributed by atoms with Crippen LogP contribution in [0.2, 0.25) is 0 Å². The lowest BCUT2D eigenvalue weighted by atomic mass is 10.2. The van der Waals surface area contributed by atoms with Gasteiger partial charge < -0.3 is 5.32 Å². The molecular formula is C17H17N5OS. The zero-order valence-corrected chi connectivity index (χ0v) is 14.0. The van der Waals surface area contributed by atoms with Gasteiger partial charge in [0.25, 0.3) is 0 Å². The average Bonchev–Trinajstić information content (AvgIpc) is 3.03. The molecule has 1 N–H and O–H groups in total. The van der Waals surface area contributed by atoms with Crippen LogP contribution in [0.3, 0.4) is 0 Å². The predicted octanol–water partition coefficient (Wildman–Crippen LogP) is 2.84. The van der Waals surface area contributed by atoms with E-state index in [1.165, 1.54) is 11.8 Å². The molecule has 1 unspecified atom stereocenters. The Morgan fingerprint density at radius 3 is 2.50 bits per heavy atom. The summed E-state index contributed by atoms with van der Waals surface area (Å²) in [5, 5.41) is 15.0. The number of nitrogens with zero attached hydrogens (tertiary/aromatic N) is 4. The second kappa shape index (κ2) is 7.74. The smallest absolute Gasteiger partial charge is 0.237 e. The molecule has 0 saturated carbocycles. The largest absolute Gasteiger partial charge is 0.325 e. The molecule has 0 saturated heterocycles. The van der Waals surface area contributed by atoms with Crippen molar-refractivity contribution in [1.29, 1.82) is 0 Å². The molecule has 0 bridgehead atoms. The van der Waals surface area contributed by atoms with E-state index in [-0.39, 0.29) is 11.2 Å². The summed E-state index contributed by atoms with van der Waals surface area (Å²) in [7, 11) is 0. The molecule has 0 aliphatic heterocycles. The first-order chi connectivity index (χ1) is 11.7. The van der Waals surface area contributed by atoms with Gasteiger partial charge in [-0.1, -0.05) is 60.3 Å². The summed E-state index contributed by atoms with van der Waals surface area (Å²) in [4.78, 5) is 12.3. The molecule has 0 fully saturated rings. The Hall–Kier alpha value is -2.67. The molecule has 1 heterocycles. The number of benzene rings is 2. The van der Waals surface area contributed by atoms with E-state index >= 15 is 0 Å². The second-order valence-corrected chi connectivity index (χ2v) is 6.53. The van der Waals surface area contributed by atoms with Crippen molar-refractivity contribution in [2.75, 3.05) is 5.32 Å². The van der Waals surface area contributed by atoms with Gasteiger partial charge in [-0.25, -0.2) is 4.68 Å². The quantitative estimate of drug-likeness (QED) is 0.699. The molecule has 0 radical (unpaired) electrons. The molecular weight excluding hydrogens is 322 g/mol. The molecule has 0 spiro atoms. The number of aromatic nitrogens is 4. The predicted molar refractivity (Wildman–Crippen MR) is 93.8 cm³/mol. The van der Waals surface area contributed by atoms with Gasteiger partial charge in [0, 0.05) is 5.69 Å². The molecule has 3 aromatic rings. The normalized spacial score (nSPS) is 11.9. The third-order valence-corrected chi connectivity index (χ3v) is 4.44. The Balaban J connectivity index is 1.63. The van der Waals surface area contributed by atoms with E-state index in [2.05, 4.69) is 20.8 Å². The van der Waals surface area contributed by atoms with Crippen molar-refractivity contribution < 1.29 is 4.79 Å². The van der Waals surface area contributed by atoms with Gasteiger partial charge in [-0.05, 0) is 35.0 Å². The number of carbonyl (C=O) groups excluding carboxylic acids is 1. The molecule has 122 valence electrons. The molecule has 0 aliphatic rings. The summed E-state index contributed by atoms with van der Waals surface area (Å²) >= 11 is 1.34. The third kappa shape index (κ3) is 4.20. The maximum absolute atomic E-state index is 12.3. The first kappa shape index (κ1) is 16.2. The van der Waals surface area contributed by atoms with Crippen LogP contribution < -0.4 is 5.32 Å². The number of thioether (sulfide) groups is 1. The fourth-order valence-corrected chi connectivity index (χ4v) is 2.90. The van der Waals surface area contributed by atoms with E-state index in [1.54, 1.807) is 4.68 Å². The van der Waals surface area contributed by atoms with E-state index in [0.717, 1.165) is 11.3 Å². The minimum Gasteiger partial charge on any atom is -0.325 e. The maximum Gasteiger partial charge on any atom is 0.237 e. The minimum atomic E-state index is -0.314. The SMILES string of the molecule is CC(Sc1nnnn1Cc1ccccc1)C(=O)Nc1ccccc1. The van der Waals surface area contributed by atoms with Gasteiger partial charge in [0.15, 0.2) is 0 Å². The van der Waals surface area contributed by atoms with Crippen molar-refractivity contribution >= 4 is 23.4 Å². The van der Waals surface area contributed by atoms with Gasteiger partial charge in [0.05, 0.1) is 11.8 Å². The van der Waals surface area contributed by atoms with E-state index in [1.807, 2.05) is 67.6 Å². The van der Waals surface area contributed by atoms with Gasteiger partial charge >= 0.3 is 0 Å². The Morgan fingerprint density at radius 2 is 1.79 bits per heavy atom. The van der Waals surface area contributed by atoms with Crippen LogP contribution in [0.25, 0.3) is 0 Å². The number of anilines is 1. The van der Waals surface area contributed by atoms with Gasteiger partial charge in [0.2, 0.25) is 11.1 Å². The lowest BCUT2D eigenvalue weighted by molar-refractivity contribution is -0.115. The first-order valence-corrected chi connectivity index (χ1v) is 8.43. The van der Waals surface area contributed by atoms with Crippen LogP contribution in [-0.2, 0) is 11.3 Å². The van der Waals surface area contributed by atoms with E-state index in [0.29, 0.717) is 11.7 Å². The summed E-state index contributed by atoms with van der Waals surface area (Å²) in [6.07, 6.45) is 0. The van der Waals surface area contributed by atoms with Crippen molar-refractivity contribution in [1.82, 2.24) is 20.2 Å². The molecule has 1 atom stereocenters. The van der Waals surface area contributed by atoms with Gasteiger partial charge in [0.1, 0.15) is 0 Å². The van der Waals surface area contributed by atoms with Crippen molar-refractivity contribution in [3.05, 3.63) is 66.2 Å². The van der Waals surface area contributed by atoms with Crippen molar-refractivity contribution in [2.45, 2.75) is 23.9 Å². The fourth-order valence-electron chi connectivity index (χ4n) is 2.11. The highest BCUT2D eigenvalue weighted by molar-refractivity contribution is 8.00. The average molecular weight is 339 g/mol. The summed E-state index contributed by atoms with van der Waals surface area (Å²) in [6, 6.07) is 19.3. The third-order valence-electron chi connectivity index (χ3n) is 3.37. The summed E-state index contributed by atoms with van der Waals surface area (Å²) in [5.41, 5.74) is 1.88. The second-order valence-electron chi connectivity index (χ2n) is 5.22. The number of carbonyl (C=O) groups is 1. The van der Waals surface area contributed by atoms with Gasteiger partial charge in [-0.2, -0.15) is 0 Å². The summed E-state index contributed by atoms with van der Waals surface area (Å²) in [5.74, 6) is -0.0829. The summed E-state index contributed by atoms with van der Waals surface area (Å²) < 4.78 is 1.70. The number of amides is 1. The van der Waals surface area contributed by atoms with Crippen LogP contribution in [0, 0.1) is 0 Å². The van der Waals surface area contributed by atoms with Crippen molar-refractivity contribution in [2.24, 2.45) is 0 Å². The van der Waals surface area contributed by atoms with Crippen LogP contribution in [0.5, 0.6) is 0 Å². The number of nitrogens with one attached hydrogen (secondary N) is 1. The zero-order chi connectivity index (χ0) is 16.8. The lowest BCUT2D eigenvalue weighted by Crippen LogP contribution is -2.23. The van der Waals surface area contributed by atoms with E-state index in [9.17, 15) is 4.79 Å². The van der Waals surface area contributed by atoms with Crippen molar-refractivity contribution in [3.8, 4) is 0 Å². The number of rotatable bonds is 6. The Morgan fingerprint density at radius 1 is 1.12 bits per heavy atom. The molecule has 1 amide bonds. The Bertz CT molecular complexity index is 791. The number of tetrazole rings is 1. The lowest BCUT2D eigenvalue weighted by Gasteiger charge is -2.11. The van der Waals surface area contributed by atoms with Crippen LogP contribution >= 0.6 is 11.8 Å². The van der Waals surface area contributed by atoms with Gasteiger partial charge in [-0.3, -0.25) is 4.79 Å². The highest BCUT2D eigenvalue weighted by Crippen LogP contribution is 2.22. The van der Waals surface area contributed by atoms with Crippen LogP contribution in [0.15, 0.2) is 65.8 Å². The number of hydrogen-bond acceptors (Lipinski definition) is 5. The Labute approximate surface area is 144 Å². The van der Waals surface area contributed by atoms with Crippen molar-refractivity contribution in [3.63, 3.8) is 0 Å². The zero-order valence-electron chi connectivity index (χ0n) is 13.2. The monoisotopic (exact) mass is 339 g/mol. The van der Waals surface area contributed by atoms with Crippen LogP contribution in [0.4, 0.5) is 5.69 Å². The van der Waals surface area contributed by atoms with Gasteiger partial charge in [-0.15, -0.1) is 5.10 Å². The Kier molecular flexibility index (Phi) is 5.22. The van der Waals surface area contributed by atoms with E-state index < -0.39 is 0 Å².